The number of hydrogen-bond donors (Lipinski definition) is 1. The van der Waals surface area contributed by atoms with E-state index in [1.54, 1.807) is 6.26 Å². The van der Waals surface area contributed by atoms with E-state index in [0.717, 1.165) is 31.3 Å². The highest BCUT2D eigenvalue weighted by Crippen LogP contribution is 2.21. The van der Waals surface area contributed by atoms with Crippen LogP contribution in [-0.2, 0) is 6.54 Å². The molecule has 1 aliphatic heterocycles. The molecule has 108 valence electrons. The van der Waals surface area contributed by atoms with Gasteiger partial charge in [0.05, 0.1) is 5.69 Å². The smallest absolute Gasteiger partial charge is 0.297 e. The number of piperidine rings is 1. The lowest BCUT2D eigenvalue weighted by Gasteiger charge is -2.35. The molecule has 0 spiro atoms. The molecule has 5 heteroatoms. The third-order valence-corrected chi connectivity index (χ3v) is 3.95. The van der Waals surface area contributed by atoms with E-state index in [1.807, 2.05) is 0 Å². The normalized spacial score (nSPS) is 17.8. The Kier molecular flexibility index (Phi) is 5.22. The first kappa shape index (κ1) is 14.3. The lowest BCUT2D eigenvalue weighted by Crippen LogP contribution is -2.43. The van der Waals surface area contributed by atoms with E-state index in [1.165, 1.54) is 25.9 Å². The second-order valence-corrected chi connectivity index (χ2v) is 5.18. The molecule has 0 unspecified atom stereocenters. The Morgan fingerprint density at radius 3 is 2.79 bits per heavy atom. The molecule has 5 nitrogen and oxygen atoms in total. The summed E-state index contributed by atoms with van der Waals surface area (Å²) in [6.07, 6.45) is 4.14. The number of aromatic nitrogens is 1. The van der Waals surface area contributed by atoms with Crippen LogP contribution in [0.2, 0.25) is 0 Å². The van der Waals surface area contributed by atoms with Crippen molar-refractivity contribution in [2.75, 3.05) is 38.1 Å². The van der Waals surface area contributed by atoms with Crippen molar-refractivity contribution in [3.63, 3.8) is 0 Å². The predicted octanol–water partition coefficient (Wildman–Crippen LogP) is 1.70. The standard InChI is InChI=1S/C14H26N4O/c1-4-15-10-12-11-19-14(16-12)17(3)13-6-8-18(5-2)9-7-13/h11,13,15H,4-10H2,1-3H3. The summed E-state index contributed by atoms with van der Waals surface area (Å²) < 4.78 is 5.59. The summed E-state index contributed by atoms with van der Waals surface area (Å²) >= 11 is 0. The van der Waals surface area contributed by atoms with E-state index >= 15 is 0 Å². The van der Waals surface area contributed by atoms with Gasteiger partial charge in [-0.1, -0.05) is 13.8 Å². The maximum Gasteiger partial charge on any atom is 0.297 e. The third-order valence-electron chi connectivity index (χ3n) is 3.95. The lowest BCUT2D eigenvalue weighted by atomic mass is 10.0. The van der Waals surface area contributed by atoms with E-state index in [9.17, 15) is 0 Å². The van der Waals surface area contributed by atoms with Crippen LogP contribution in [0.15, 0.2) is 10.7 Å². The Morgan fingerprint density at radius 1 is 1.42 bits per heavy atom. The quantitative estimate of drug-likeness (QED) is 0.849. The van der Waals surface area contributed by atoms with Crippen LogP contribution in [0, 0.1) is 0 Å². The number of likely N-dealkylation sites (tertiary alicyclic amines) is 1. The molecule has 1 saturated heterocycles. The molecule has 19 heavy (non-hydrogen) atoms. The van der Waals surface area contributed by atoms with Crippen LogP contribution in [0.1, 0.15) is 32.4 Å². The van der Waals surface area contributed by atoms with Crippen LogP contribution in [0.25, 0.3) is 0 Å². The second-order valence-electron chi connectivity index (χ2n) is 5.18. The van der Waals surface area contributed by atoms with Crippen LogP contribution < -0.4 is 10.2 Å². The molecule has 2 rings (SSSR count). The molecule has 1 aliphatic rings. The average Bonchev–Trinajstić information content (AvgIpc) is 2.93. The van der Waals surface area contributed by atoms with Crippen molar-refractivity contribution in [3.8, 4) is 0 Å². The van der Waals surface area contributed by atoms with Crippen LogP contribution in [0.4, 0.5) is 6.01 Å². The molecule has 1 aromatic heterocycles. The van der Waals surface area contributed by atoms with Gasteiger partial charge in [0.25, 0.3) is 6.01 Å². The Bertz CT molecular complexity index is 371. The molecule has 0 radical (unpaired) electrons. The summed E-state index contributed by atoms with van der Waals surface area (Å²) in [6, 6.07) is 1.30. The maximum absolute atomic E-state index is 5.59. The van der Waals surface area contributed by atoms with E-state index < -0.39 is 0 Å². The van der Waals surface area contributed by atoms with Gasteiger partial charge in [-0.25, -0.2) is 0 Å². The van der Waals surface area contributed by atoms with Crippen molar-refractivity contribution in [2.45, 2.75) is 39.3 Å². The summed E-state index contributed by atoms with van der Waals surface area (Å²) in [5.74, 6) is 0. The SMILES string of the molecule is CCNCc1coc(N(C)C2CCN(CC)CC2)n1. The summed E-state index contributed by atoms with van der Waals surface area (Å²) in [5, 5.41) is 3.26. The lowest BCUT2D eigenvalue weighted by molar-refractivity contribution is 0.218. The van der Waals surface area contributed by atoms with Crippen molar-refractivity contribution in [2.24, 2.45) is 0 Å². The van der Waals surface area contributed by atoms with E-state index in [4.69, 9.17) is 4.42 Å². The van der Waals surface area contributed by atoms with Crippen molar-refractivity contribution in [1.82, 2.24) is 15.2 Å². The summed E-state index contributed by atoms with van der Waals surface area (Å²) in [6.45, 7) is 9.56. The number of rotatable bonds is 6. The van der Waals surface area contributed by atoms with Gasteiger partial charge in [-0.2, -0.15) is 4.98 Å². The number of hydrogen-bond acceptors (Lipinski definition) is 5. The molecule has 0 aliphatic carbocycles. The summed E-state index contributed by atoms with van der Waals surface area (Å²) in [5.41, 5.74) is 0.981. The molecular weight excluding hydrogens is 240 g/mol. The fourth-order valence-corrected chi connectivity index (χ4v) is 2.57. The highest BCUT2D eigenvalue weighted by Gasteiger charge is 2.24. The van der Waals surface area contributed by atoms with Crippen molar-refractivity contribution < 1.29 is 4.42 Å². The predicted molar refractivity (Wildman–Crippen MR) is 77.4 cm³/mol. The molecular formula is C14H26N4O. The largest absolute Gasteiger partial charge is 0.432 e. The Labute approximate surface area is 116 Å². The average molecular weight is 266 g/mol. The summed E-state index contributed by atoms with van der Waals surface area (Å²) in [4.78, 5) is 9.24. The van der Waals surface area contributed by atoms with Gasteiger partial charge in [-0.05, 0) is 25.9 Å². The molecule has 0 amide bonds. The molecule has 1 N–H and O–H groups in total. The van der Waals surface area contributed by atoms with Gasteiger partial charge >= 0.3 is 0 Å². The minimum atomic E-state index is 0.549. The second kappa shape index (κ2) is 6.91. The van der Waals surface area contributed by atoms with Crippen LogP contribution >= 0.6 is 0 Å². The zero-order valence-electron chi connectivity index (χ0n) is 12.4. The van der Waals surface area contributed by atoms with Crippen molar-refractivity contribution >= 4 is 6.01 Å². The Morgan fingerprint density at radius 2 is 2.16 bits per heavy atom. The van der Waals surface area contributed by atoms with Gasteiger partial charge in [0, 0.05) is 32.7 Å². The third kappa shape index (κ3) is 3.70. The number of nitrogens with zero attached hydrogens (tertiary/aromatic N) is 3. The van der Waals surface area contributed by atoms with E-state index in [0.29, 0.717) is 6.04 Å². The minimum absolute atomic E-state index is 0.549. The Hall–Kier alpha value is -1.07. The highest BCUT2D eigenvalue weighted by molar-refractivity contribution is 5.27. The zero-order valence-corrected chi connectivity index (χ0v) is 12.4. The van der Waals surface area contributed by atoms with Crippen LogP contribution in [0.5, 0.6) is 0 Å². The van der Waals surface area contributed by atoms with Crippen molar-refractivity contribution in [3.05, 3.63) is 12.0 Å². The fourth-order valence-electron chi connectivity index (χ4n) is 2.57. The minimum Gasteiger partial charge on any atom is -0.432 e. The molecule has 0 aromatic carbocycles. The van der Waals surface area contributed by atoms with E-state index in [2.05, 4.69) is 41.0 Å². The molecule has 2 heterocycles. The number of oxazole rings is 1. The molecule has 1 aromatic rings. The van der Waals surface area contributed by atoms with Gasteiger partial charge in [0.1, 0.15) is 6.26 Å². The molecule has 0 saturated carbocycles. The van der Waals surface area contributed by atoms with Gasteiger partial charge in [0.15, 0.2) is 0 Å². The highest BCUT2D eigenvalue weighted by atomic mass is 16.4. The molecule has 0 atom stereocenters. The first-order valence-corrected chi connectivity index (χ1v) is 7.34. The fraction of sp³-hybridized carbons (Fsp3) is 0.786. The molecule has 0 bridgehead atoms. The number of anilines is 1. The summed E-state index contributed by atoms with van der Waals surface area (Å²) in [7, 11) is 2.09. The number of nitrogens with one attached hydrogen (secondary N) is 1. The first-order chi connectivity index (χ1) is 9.24. The first-order valence-electron chi connectivity index (χ1n) is 7.34. The maximum atomic E-state index is 5.59. The molecule has 1 fully saturated rings. The van der Waals surface area contributed by atoms with Crippen LogP contribution in [0.3, 0.4) is 0 Å². The topological polar surface area (TPSA) is 44.5 Å². The monoisotopic (exact) mass is 266 g/mol. The van der Waals surface area contributed by atoms with Gasteiger partial charge < -0.3 is 19.5 Å². The van der Waals surface area contributed by atoms with Crippen molar-refractivity contribution in [1.29, 1.82) is 0 Å². The van der Waals surface area contributed by atoms with Gasteiger partial charge in [-0.15, -0.1) is 0 Å². The van der Waals surface area contributed by atoms with E-state index in [-0.39, 0.29) is 0 Å². The van der Waals surface area contributed by atoms with Crippen LogP contribution in [-0.4, -0.2) is 49.2 Å². The Balaban J connectivity index is 1.88. The van der Waals surface area contributed by atoms with Gasteiger partial charge in [-0.3, -0.25) is 0 Å². The van der Waals surface area contributed by atoms with Gasteiger partial charge in [0.2, 0.25) is 0 Å². The zero-order chi connectivity index (χ0) is 13.7.